The van der Waals surface area contributed by atoms with Gasteiger partial charge in [0.05, 0.1) is 23.3 Å². The van der Waals surface area contributed by atoms with Crippen LogP contribution < -0.4 is 21.3 Å². The largest absolute Gasteiger partial charge is 0.460 e. The topological polar surface area (TPSA) is 149 Å². The molecule has 2 fully saturated rings. The molecule has 1 spiro atoms. The zero-order valence-electron chi connectivity index (χ0n) is 23.3. The number of urea groups is 1. The first-order valence-corrected chi connectivity index (χ1v) is 15.8. The zero-order chi connectivity index (χ0) is 29.4. The first-order valence-electron chi connectivity index (χ1n) is 13.9. The Morgan fingerprint density at radius 3 is 2.80 bits per heavy atom. The number of anilines is 2. The Labute approximate surface area is 248 Å². The van der Waals surface area contributed by atoms with Crippen LogP contribution in [0.3, 0.4) is 0 Å². The fourth-order valence-electron chi connectivity index (χ4n) is 6.27. The Morgan fingerprint density at radius 2 is 2.05 bits per heavy atom. The molecule has 0 unspecified atom stereocenters. The standard InChI is InChI=1S/C29H35N5O5S2/c1-28(2,3)39-25(36)17-7-6-9-22(41-15-30)29(17)18-13-16(11-12-19(18)32-26(29)37)31-23(35)10-5-4-8-21-24-20(14-40-21)33-27(38)34-24/h6,9,11-13,17,20-22,24H,4-5,7-8,10,14H2,1-3H3,(H,31,35)(H,32,37)(H2,33,34,38)/t17-,20-,21-,22+,24-,29+/m0/s1. The molecule has 218 valence electrons. The maximum atomic E-state index is 13.7. The third-order valence-electron chi connectivity index (χ3n) is 8.01. The van der Waals surface area contributed by atoms with Crippen molar-refractivity contribution in [1.29, 1.82) is 5.26 Å². The monoisotopic (exact) mass is 597 g/mol. The Bertz CT molecular complexity index is 1320. The van der Waals surface area contributed by atoms with Gasteiger partial charge in [0.25, 0.3) is 0 Å². The average Bonchev–Trinajstić information content (AvgIpc) is 3.53. The van der Waals surface area contributed by atoms with Gasteiger partial charge in [0.1, 0.15) is 16.4 Å². The lowest BCUT2D eigenvalue weighted by atomic mass is 9.64. The second kappa shape index (κ2) is 11.6. The van der Waals surface area contributed by atoms with Gasteiger partial charge in [-0.2, -0.15) is 17.0 Å². The number of benzene rings is 1. The molecule has 1 aliphatic carbocycles. The van der Waals surface area contributed by atoms with Crippen LogP contribution in [-0.2, 0) is 24.5 Å². The van der Waals surface area contributed by atoms with Gasteiger partial charge in [-0.3, -0.25) is 14.4 Å². The van der Waals surface area contributed by atoms with Crippen LogP contribution in [-0.4, -0.2) is 57.8 Å². The van der Waals surface area contributed by atoms with E-state index in [1.165, 1.54) is 0 Å². The summed E-state index contributed by atoms with van der Waals surface area (Å²) >= 11 is 2.80. The molecule has 5 rings (SSSR count). The number of ether oxygens (including phenoxy) is 1. The molecular formula is C29H35N5O5S2. The summed E-state index contributed by atoms with van der Waals surface area (Å²) < 4.78 is 5.73. The molecule has 0 bridgehead atoms. The van der Waals surface area contributed by atoms with Gasteiger partial charge in [-0.1, -0.05) is 18.6 Å². The lowest BCUT2D eigenvalue weighted by Crippen LogP contribution is -2.54. The van der Waals surface area contributed by atoms with Crippen molar-refractivity contribution in [3.8, 4) is 5.40 Å². The van der Waals surface area contributed by atoms with E-state index in [-0.39, 0.29) is 29.9 Å². The fourth-order valence-corrected chi connectivity index (χ4v) is 8.70. The van der Waals surface area contributed by atoms with E-state index in [0.29, 0.717) is 41.5 Å². The SMILES string of the molecule is CC(C)(C)OC(=O)[C@@H]1CC=C[C@@H](SC#N)[C@@]12C(=O)Nc1ccc(NC(=O)CCCC[C@@H]3SC[C@@H]4NC(=O)N[C@@H]43)cc12. The van der Waals surface area contributed by atoms with Crippen LogP contribution in [0.25, 0.3) is 0 Å². The summed E-state index contributed by atoms with van der Waals surface area (Å²) in [6.45, 7) is 5.34. The van der Waals surface area contributed by atoms with Crippen molar-refractivity contribution >= 4 is 58.7 Å². The van der Waals surface area contributed by atoms with Crippen molar-refractivity contribution < 1.29 is 23.9 Å². The maximum Gasteiger partial charge on any atom is 0.315 e. The minimum atomic E-state index is -1.35. The number of unbranched alkanes of at least 4 members (excludes halogenated alkanes) is 1. The zero-order valence-corrected chi connectivity index (χ0v) is 25.0. The summed E-state index contributed by atoms with van der Waals surface area (Å²) in [5.41, 5.74) is -0.439. The molecule has 3 aliphatic heterocycles. The van der Waals surface area contributed by atoms with Crippen LogP contribution in [0.15, 0.2) is 30.4 Å². The lowest BCUT2D eigenvalue weighted by molar-refractivity contribution is -0.164. The quantitative estimate of drug-likeness (QED) is 0.115. The van der Waals surface area contributed by atoms with E-state index in [0.717, 1.165) is 30.4 Å². The number of thiocyanates is 1. The summed E-state index contributed by atoms with van der Waals surface area (Å²) in [6.07, 6.45) is 6.77. The third kappa shape index (κ3) is 5.79. The smallest absolute Gasteiger partial charge is 0.315 e. The average molecular weight is 598 g/mol. The van der Waals surface area contributed by atoms with Gasteiger partial charge in [0, 0.05) is 28.8 Å². The normalized spacial score (nSPS) is 29.7. The number of allylic oxidation sites excluding steroid dienone is 1. The van der Waals surface area contributed by atoms with Gasteiger partial charge in [0.2, 0.25) is 11.8 Å². The van der Waals surface area contributed by atoms with E-state index in [9.17, 15) is 24.4 Å². The van der Waals surface area contributed by atoms with E-state index >= 15 is 0 Å². The highest BCUT2D eigenvalue weighted by Crippen LogP contribution is 2.53. The molecule has 1 aromatic rings. The van der Waals surface area contributed by atoms with Gasteiger partial charge in [0.15, 0.2) is 0 Å². The number of nitrogens with one attached hydrogen (secondary N) is 4. The highest BCUT2D eigenvalue weighted by Gasteiger charge is 2.61. The van der Waals surface area contributed by atoms with E-state index in [1.807, 2.05) is 23.9 Å². The van der Waals surface area contributed by atoms with Crippen molar-refractivity contribution in [2.24, 2.45) is 5.92 Å². The molecule has 4 amide bonds. The van der Waals surface area contributed by atoms with E-state index in [2.05, 4.69) is 26.7 Å². The number of esters is 1. The Morgan fingerprint density at radius 1 is 1.24 bits per heavy atom. The maximum absolute atomic E-state index is 13.7. The second-order valence-electron chi connectivity index (χ2n) is 11.9. The first-order chi connectivity index (χ1) is 19.5. The Balaban J connectivity index is 1.28. The van der Waals surface area contributed by atoms with Crippen LogP contribution in [0, 0.1) is 16.6 Å². The number of carbonyl (C=O) groups excluding carboxylic acids is 4. The Kier molecular flexibility index (Phi) is 8.30. The summed E-state index contributed by atoms with van der Waals surface area (Å²) in [5.74, 6) is -0.923. The van der Waals surface area contributed by atoms with Gasteiger partial charge >= 0.3 is 12.0 Å². The van der Waals surface area contributed by atoms with E-state index in [4.69, 9.17) is 4.74 Å². The fraction of sp³-hybridized carbons (Fsp3) is 0.552. The number of hydrogen-bond acceptors (Lipinski definition) is 8. The van der Waals surface area contributed by atoms with Gasteiger partial charge in [-0.15, -0.1) is 0 Å². The molecule has 4 aliphatic rings. The summed E-state index contributed by atoms with van der Waals surface area (Å²) in [7, 11) is 0. The second-order valence-corrected chi connectivity index (χ2v) is 14.1. The number of nitriles is 1. The number of amides is 4. The molecule has 12 heteroatoms. The van der Waals surface area contributed by atoms with E-state index < -0.39 is 28.2 Å². The number of fused-ring (bicyclic) bond motifs is 3. The predicted octanol–water partition coefficient (Wildman–Crippen LogP) is 4.04. The van der Waals surface area contributed by atoms with Crippen LogP contribution >= 0.6 is 23.5 Å². The molecule has 1 aromatic carbocycles. The third-order valence-corrected chi connectivity index (χ3v) is 10.4. The minimum Gasteiger partial charge on any atom is -0.460 e. The highest BCUT2D eigenvalue weighted by atomic mass is 32.2. The molecular weight excluding hydrogens is 562 g/mol. The van der Waals surface area contributed by atoms with E-state index in [1.54, 1.807) is 39.0 Å². The highest BCUT2D eigenvalue weighted by molar-refractivity contribution is 8.04. The number of rotatable bonds is 8. The molecule has 0 aromatic heterocycles. The molecule has 4 N–H and O–H groups in total. The van der Waals surface area contributed by atoms with Gasteiger partial charge < -0.3 is 26.0 Å². The lowest BCUT2D eigenvalue weighted by Gasteiger charge is -2.41. The summed E-state index contributed by atoms with van der Waals surface area (Å²) in [6, 6.07) is 5.45. The Hall–Kier alpha value is -3.17. The molecule has 0 saturated carbocycles. The van der Waals surface area contributed by atoms with Crippen LogP contribution in [0.2, 0.25) is 0 Å². The minimum absolute atomic E-state index is 0.100. The van der Waals surface area contributed by atoms with Crippen molar-refractivity contribution in [1.82, 2.24) is 10.6 Å². The number of thioether (sulfide) groups is 2. The van der Waals surface area contributed by atoms with Crippen LogP contribution in [0.1, 0.15) is 58.4 Å². The number of hydrogen-bond donors (Lipinski definition) is 4. The molecule has 0 radical (unpaired) electrons. The van der Waals surface area contributed by atoms with Crippen LogP contribution in [0.5, 0.6) is 0 Å². The van der Waals surface area contributed by atoms with Gasteiger partial charge in [-0.25, -0.2) is 4.79 Å². The van der Waals surface area contributed by atoms with Crippen molar-refractivity contribution in [3.63, 3.8) is 0 Å². The molecule has 41 heavy (non-hydrogen) atoms. The van der Waals surface area contributed by atoms with Crippen molar-refractivity contribution in [2.75, 3.05) is 16.4 Å². The van der Waals surface area contributed by atoms with Gasteiger partial charge in [-0.05, 0) is 75.6 Å². The predicted molar refractivity (Wildman–Crippen MR) is 159 cm³/mol. The number of nitrogens with zero attached hydrogens (tertiary/aromatic N) is 1. The summed E-state index contributed by atoms with van der Waals surface area (Å²) in [5, 5.41) is 23.2. The van der Waals surface area contributed by atoms with Crippen LogP contribution in [0.4, 0.5) is 16.2 Å². The molecule has 10 nitrogen and oxygen atoms in total. The van der Waals surface area contributed by atoms with Crippen molar-refractivity contribution in [2.45, 2.75) is 86.5 Å². The molecule has 6 atom stereocenters. The number of carbonyl (C=O) groups is 4. The molecule has 2 saturated heterocycles. The summed E-state index contributed by atoms with van der Waals surface area (Å²) in [4.78, 5) is 51.6. The van der Waals surface area contributed by atoms with Crippen molar-refractivity contribution in [3.05, 3.63) is 35.9 Å². The molecule has 3 heterocycles. The first kappa shape index (κ1) is 29.3.